The lowest BCUT2D eigenvalue weighted by atomic mass is 10.2. The van der Waals surface area contributed by atoms with Crippen LogP contribution in [0.25, 0.3) is 0 Å². The topological polar surface area (TPSA) is 76.7 Å². The highest BCUT2D eigenvalue weighted by molar-refractivity contribution is 5.85. The van der Waals surface area contributed by atoms with E-state index in [4.69, 9.17) is 9.47 Å². The first-order chi connectivity index (χ1) is 9.65. The Hall–Kier alpha value is -2.15. The molecule has 2 rings (SSSR count). The zero-order valence-electron chi connectivity index (χ0n) is 10.7. The van der Waals surface area contributed by atoms with E-state index in [0.717, 1.165) is 6.42 Å². The van der Waals surface area contributed by atoms with Gasteiger partial charge in [-0.1, -0.05) is 0 Å². The van der Waals surface area contributed by atoms with Gasteiger partial charge in [-0.05, 0) is 37.1 Å². The van der Waals surface area contributed by atoms with E-state index in [2.05, 4.69) is 10.9 Å². The number of benzene rings is 1. The molecule has 0 spiro atoms. The maximum atomic E-state index is 12.6. The van der Waals surface area contributed by atoms with Gasteiger partial charge in [0.05, 0.1) is 0 Å². The van der Waals surface area contributed by atoms with E-state index in [-0.39, 0.29) is 18.3 Å². The van der Waals surface area contributed by atoms with Crippen molar-refractivity contribution in [1.29, 1.82) is 0 Å². The van der Waals surface area contributed by atoms with Gasteiger partial charge in [-0.15, -0.1) is 0 Å². The molecule has 1 heterocycles. The summed E-state index contributed by atoms with van der Waals surface area (Å²) in [4.78, 5) is 23.0. The first kappa shape index (κ1) is 14.3. The quantitative estimate of drug-likeness (QED) is 0.790. The molecule has 1 aromatic rings. The number of rotatable bonds is 4. The van der Waals surface area contributed by atoms with Crippen molar-refractivity contribution in [3.05, 3.63) is 30.1 Å². The van der Waals surface area contributed by atoms with Crippen LogP contribution in [0.3, 0.4) is 0 Å². The average Bonchev–Trinajstić information content (AvgIpc) is 2.98. The number of amides is 2. The normalized spacial score (nSPS) is 17.6. The predicted octanol–water partition coefficient (Wildman–Crippen LogP) is 0.531. The molecule has 6 nitrogen and oxygen atoms in total. The fourth-order valence-corrected chi connectivity index (χ4v) is 1.71. The molecule has 0 bridgehead atoms. The van der Waals surface area contributed by atoms with E-state index >= 15 is 0 Å². The van der Waals surface area contributed by atoms with Crippen molar-refractivity contribution in [3.63, 3.8) is 0 Å². The fraction of sp³-hybridized carbons (Fsp3) is 0.385. The number of ether oxygens (including phenoxy) is 2. The molecule has 0 saturated carbocycles. The molecule has 2 amide bonds. The van der Waals surface area contributed by atoms with E-state index in [1.165, 1.54) is 24.3 Å². The fourth-order valence-electron chi connectivity index (χ4n) is 1.71. The van der Waals surface area contributed by atoms with Gasteiger partial charge in [0.25, 0.3) is 11.8 Å². The Balaban J connectivity index is 1.67. The highest BCUT2D eigenvalue weighted by atomic mass is 19.1. The third kappa shape index (κ3) is 4.20. The Bertz CT molecular complexity index is 472. The molecule has 1 aliphatic rings. The third-order valence-electron chi connectivity index (χ3n) is 2.73. The molecular weight excluding hydrogens is 267 g/mol. The standard InChI is InChI=1S/C13H15FN2O4/c14-9-3-5-10(6-4-9)20-8-12(17)15-16-13(18)11-2-1-7-19-11/h3-6,11H,1-2,7-8H2,(H,15,17)(H,16,18). The third-order valence-corrected chi connectivity index (χ3v) is 2.73. The van der Waals surface area contributed by atoms with Gasteiger partial charge < -0.3 is 9.47 Å². The number of hydrazine groups is 1. The Labute approximate surface area is 115 Å². The number of nitrogens with one attached hydrogen (secondary N) is 2. The largest absolute Gasteiger partial charge is 0.484 e. The van der Waals surface area contributed by atoms with Crippen LogP contribution in [-0.4, -0.2) is 31.1 Å². The minimum absolute atomic E-state index is 0.280. The van der Waals surface area contributed by atoms with Crippen molar-refractivity contribution < 1.29 is 23.5 Å². The van der Waals surface area contributed by atoms with Gasteiger partial charge in [-0.3, -0.25) is 20.4 Å². The van der Waals surface area contributed by atoms with Gasteiger partial charge in [0.15, 0.2) is 6.61 Å². The van der Waals surface area contributed by atoms with Crippen molar-refractivity contribution in [1.82, 2.24) is 10.9 Å². The monoisotopic (exact) mass is 282 g/mol. The SMILES string of the molecule is O=C(COc1ccc(F)cc1)NNC(=O)C1CCCO1. The van der Waals surface area contributed by atoms with Crippen molar-refractivity contribution >= 4 is 11.8 Å². The summed E-state index contributed by atoms with van der Waals surface area (Å²) >= 11 is 0. The van der Waals surface area contributed by atoms with E-state index in [1.54, 1.807) is 0 Å². The minimum atomic E-state index is -0.513. The number of carbonyl (C=O) groups is 2. The Morgan fingerprint density at radius 3 is 2.70 bits per heavy atom. The highest BCUT2D eigenvalue weighted by Gasteiger charge is 2.23. The van der Waals surface area contributed by atoms with Crippen LogP contribution in [-0.2, 0) is 14.3 Å². The summed E-state index contributed by atoms with van der Waals surface area (Å²) in [5.41, 5.74) is 4.49. The summed E-state index contributed by atoms with van der Waals surface area (Å²) < 4.78 is 22.9. The second-order valence-corrected chi connectivity index (χ2v) is 4.28. The zero-order chi connectivity index (χ0) is 14.4. The molecule has 1 atom stereocenters. The molecule has 1 aliphatic heterocycles. The highest BCUT2D eigenvalue weighted by Crippen LogP contribution is 2.11. The van der Waals surface area contributed by atoms with Crippen LogP contribution in [0.1, 0.15) is 12.8 Å². The Morgan fingerprint density at radius 2 is 2.05 bits per heavy atom. The van der Waals surface area contributed by atoms with Crippen molar-refractivity contribution in [2.45, 2.75) is 18.9 Å². The van der Waals surface area contributed by atoms with E-state index in [0.29, 0.717) is 18.8 Å². The van der Waals surface area contributed by atoms with Crippen molar-refractivity contribution in [2.24, 2.45) is 0 Å². The van der Waals surface area contributed by atoms with Gasteiger partial charge >= 0.3 is 0 Å². The van der Waals surface area contributed by atoms with Crippen LogP contribution >= 0.6 is 0 Å². The molecule has 0 radical (unpaired) electrons. The van der Waals surface area contributed by atoms with Gasteiger partial charge in [0.2, 0.25) is 0 Å². The van der Waals surface area contributed by atoms with Gasteiger partial charge in [-0.25, -0.2) is 4.39 Å². The van der Waals surface area contributed by atoms with Gasteiger partial charge in [0, 0.05) is 6.61 Å². The van der Waals surface area contributed by atoms with E-state index in [9.17, 15) is 14.0 Å². The Morgan fingerprint density at radius 1 is 1.30 bits per heavy atom. The molecule has 1 fully saturated rings. The van der Waals surface area contributed by atoms with Crippen LogP contribution in [0, 0.1) is 5.82 Å². The second kappa shape index (κ2) is 6.85. The van der Waals surface area contributed by atoms with Crippen LogP contribution in [0.15, 0.2) is 24.3 Å². The summed E-state index contributed by atoms with van der Waals surface area (Å²) in [6, 6.07) is 5.28. The number of halogens is 1. The lowest BCUT2D eigenvalue weighted by Gasteiger charge is -2.11. The maximum Gasteiger partial charge on any atom is 0.276 e. The molecule has 1 saturated heterocycles. The van der Waals surface area contributed by atoms with Gasteiger partial charge in [0.1, 0.15) is 17.7 Å². The van der Waals surface area contributed by atoms with E-state index < -0.39 is 12.0 Å². The molecule has 1 unspecified atom stereocenters. The van der Waals surface area contributed by atoms with Crippen LogP contribution in [0.4, 0.5) is 4.39 Å². The molecule has 1 aromatic carbocycles. The van der Waals surface area contributed by atoms with Crippen LogP contribution in [0.2, 0.25) is 0 Å². The molecular formula is C13H15FN2O4. The number of hydrogen-bond donors (Lipinski definition) is 2. The van der Waals surface area contributed by atoms with Gasteiger partial charge in [-0.2, -0.15) is 0 Å². The molecule has 20 heavy (non-hydrogen) atoms. The van der Waals surface area contributed by atoms with E-state index in [1.807, 2.05) is 0 Å². The molecule has 108 valence electrons. The number of carbonyl (C=O) groups excluding carboxylic acids is 2. The van der Waals surface area contributed by atoms with Crippen molar-refractivity contribution in [3.8, 4) is 5.75 Å². The summed E-state index contributed by atoms with van der Waals surface area (Å²) in [7, 11) is 0. The lowest BCUT2D eigenvalue weighted by molar-refractivity contribution is -0.135. The first-order valence-corrected chi connectivity index (χ1v) is 6.24. The lowest BCUT2D eigenvalue weighted by Crippen LogP contribution is -2.47. The van der Waals surface area contributed by atoms with Crippen LogP contribution in [0.5, 0.6) is 5.75 Å². The first-order valence-electron chi connectivity index (χ1n) is 6.24. The second-order valence-electron chi connectivity index (χ2n) is 4.28. The summed E-state index contributed by atoms with van der Waals surface area (Å²) in [6.45, 7) is 0.275. The minimum Gasteiger partial charge on any atom is -0.484 e. The maximum absolute atomic E-state index is 12.6. The Kier molecular flexibility index (Phi) is 4.89. The van der Waals surface area contributed by atoms with Crippen LogP contribution < -0.4 is 15.6 Å². The molecule has 2 N–H and O–H groups in total. The summed E-state index contributed by atoms with van der Waals surface area (Å²) in [5.74, 6) is -0.907. The zero-order valence-corrected chi connectivity index (χ0v) is 10.7. The molecule has 0 aromatic heterocycles. The molecule has 0 aliphatic carbocycles. The number of hydrogen-bond acceptors (Lipinski definition) is 4. The summed E-state index contributed by atoms with van der Waals surface area (Å²) in [5, 5.41) is 0. The van der Waals surface area contributed by atoms with Crippen molar-refractivity contribution in [2.75, 3.05) is 13.2 Å². The smallest absolute Gasteiger partial charge is 0.276 e. The average molecular weight is 282 g/mol. The molecule has 7 heteroatoms. The summed E-state index contributed by atoms with van der Waals surface area (Å²) in [6.07, 6.45) is 0.973. The predicted molar refractivity (Wildman–Crippen MR) is 67.2 cm³/mol.